The third kappa shape index (κ3) is 11.7. The smallest absolute Gasteiger partial charge is 0.191 e. The predicted octanol–water partition coefficient (Wildman–Crippen LogP) is 3.73. The summed E-state index contributed by atoms with van der Waals surface area (Å²) in [6.45, 7) is 10.1. The summed E-state index contributed by atoms with van der Waals surface area (Å²) < 4.78 is 22.7. The number of halogens is 1. The molecule has 0 spiro atoms. The fourth-order valence-corrected chi connectivity index (χ4v) is 3.22. The molecule has 0 saturated carbocycles. The highest BCUT2D eigenvalue weighted by Crippen LogP contribution is 2.09. The standard InChI is InChI=1S/C19H33N3O2S.HI/c1-6-20-19(22-16(4)8-7-15(2)3)21-13-17-9-11-18(12-10-17)14-25(5,23)24;/h9-12,15-16H,6-8,13-14H2,1-5H3,(H2,20,21,22);1H. The lowest BCUT2D eigenvalue weighted by atomic mass is 10.0. The molecule has 0 aliphatic carbocycles. The lowest BCUT2D eigenvalue weighted by molar-refractivity contribution is 0.489. The predicted molar refractivity (Wildman–Crippen MR) is 122 cm³/mol. The third-order valence-corrected chi connectivity index (χ3v) is 4.63. The van der Waals surface area contributed by atoms with Crippen LogP contribution in [0.5, 0.6) is 0 Å². The number of guanidine groups is 1. The van der Waals surface area contributed by atoms with E-state index in [1.807, 2.05) is 24.3 Å². The van der Waals surface area contributed by atoms with Gasteiger partial charge in [-0.2, -0.15) is 0 Å². The van der Waals surface area contributed by atoms with E-state index in [4.69, 9.17) is 0 Å². The molecular formula is C19H34IN3O2S. The van der Waals surface area contributed by atoms with Crippen LogP contribution in [0.15, 0.2) is 29.3 Å². The summed E-state index contributed by atoms with van der Waals surface area (Å²) in [5.41, 5.74) is 1.87. The monoisotopic (exact) mass is 495 g/mol. The minimum Gasteiger partial charge on any atom is -0.357 e. The van der Waals surface area contributed by atoms with Gasteiger partial charge in [0.25, 0.3) is 0 Å². The fourth-order valence-electron chi connectivity index (χ4n) is 2.42. The molecule has 0 aliphatic heterocycles. The molecule has 0 fully saturated rings. The molecule has 0 aromatic heterocycles. The van der Waals surface area contributed by atoms with Crippen molar-refractivity contribution >= 4 is 39.8 Å². The Balaban J connectivity index is 0.00000625. The Morgan fingerprint density at radius 2 is 1.65 bits per heavy atom. The Morgan fingerprint density at radius 1 is 1.08 bits per heavy atom. The molecular weight excluding hydrogens is 461 g/mol. The Hall–Kier alpha value is -0.830. The molecule has 1 unspecified atom stereocenters. The van der Waals surface area contributed by atoms with Crippen LogP contribution in [0.25, 0.3) is 0 Å². The number of benzene rings is 1. The van der Waals surface area contributed by atoms with Gasteiger partial charge in [0.15, 0.2) is 15.8 Å². The Labute approximate surface area is 176 Å². The van der Waals surface area contributed by atoms with Crippen molar-refractivity contribution in [2.75, 3.05) is 12.8 Å². The van der Waals surface area contributed by atoms with Gasteiger partial charge in [-0.15, -0.1) is 24.0 Å². The second kappa shape index (κ2) is 12.5. The average molecular weight is 495 g/mol. The third-order valence-electron chi connectivity index (χ3n) is 3.78. The molecule has 1 aromatic carbocycles. The molecule has 1 rings (SSSR count). The maximum absolute atomic E-state index is 11.3. The van der Waals surface area contributed by atoms with E-state index >= 15 is 0 Å². The van der Waals surface area contributed by atoms with Crippen LogP contribution in [-0.4, -0.2) is 33.2 Å². The Bertz CT molecular complexity index is 643. The van der Waals surface area contributed by atoms with Gasteiger partial charge in [0, 0.05) is 18.8 Å². The van der Waals surface area contributed by atoms with Crippen molar-refractivity contribution in [2.24, 2.45) is 10.9 Å². The minimum atomic E-state index is -3.00. The molecule has 0 aliphatic rings. The van der Waals surface area contributed by atoms with Crippen LogP contribution < -0.4 is 10.6 Å². The topological polar surface area (TPSA) is 70.6 Å². The number of rotatable bonds is 9. The first kappa shape index (κ1) is 25.2. The zero-order valence-electron chi connectivity index (χ0n) is 16.6. The molecule has 150 valence electrons. The first-order valence-electron chi connectivity index (χ1n) is 9.00. The van der Waals surface area contributed by atoms with Gasteiger partial charge in [0.2, 0.25) is 0 Å². The molecule has 26 heavy (non-hydrogen) atoms. The highest BCUT2D eigenvalue weighted by Gasteiger charge is 2.07. The van der Waals surface area contributed by atoms with Gasteiger partial charge in [0.1, 0.15) is 0 Å². The van der Waals surface area contributed by atoms with Crippen LogP contribution >= 0.6 is 24.0 Å². The van der Waals surface area contributed by atoms with E-state index in [-0.39, 0.29) is 29.7 Å². The van der Waals surface area contributed by atoms with Crippen LogP contribution in [0.2, 0.25) is 0 Å². The molecule has 5 nitrogen and oxygen atoms in total. The molecule has 0 saturated heterocycles. The van der Waals surface area contributed by atoms with Crippen LogP contribution in [0, 0.1) is 5.92 Å². The maximum atomic E-state index is 11.3. The van der Waals surface area contributed by atoms with Crippen molar-refractivity contribution in [3.8, 4) is 0 Å². The number of nitrogens with one attached hydrogen (secondary N) is 2. The van der Waals surface area contributed by atoms with Crippen molar-refractivity contribution in [1.82, 2.24) is 10.6 Å². The SMILES string of the molecule is CCNC(=NCc1ccc(CS(C)(=O)=O)cc1)NC(C)CCC(C)C.I. The number of hydrogen-bond acceptors (Lipinski definition) is 3. The number of hydrogen-bond donors (Lipinski definition) is 2. The van der Waals surface area contributed by atoms with Gasteiger partial charge in [-0.05, 0) is 43.7 Å². The van der Waals surface area contributed by atoms with E-state index in [1.54, 1.807) is 0 Å². The molecule has 0 bridgehead atoms. The molecule has 7 heteroatoms. The summed E-state index contributed by atoms with van der Waals surface area (Å²) in [5, 5.41) is 6.72. The molecule has 0 amide bonds. The van der Waals surface area contributed by atoms with Crippen LogP contribution in [0.4, 0.5) is 0 Å². The van der Waals surface area contributed by atoms with Gasteiger partial charge >= 0.3 is 0 Å². The first-order valence-corrected chi connectivity index (χ1v) is 11.1. The summed E-state index contributed by atoms with van der Waals surface area (Å²) in [4.78, 5) is 4.63. The number of aliphatic imine (C=N–C) groups is 1. The van der Waals surface area contributed by atoms with Gasteiger partial charge < -0.3 is 10.6 Å². The van der Waals surface area contributed by atoms with Crippen molar-refractivity contribution in [2.45, 2.75) is 58.9 Å². The number of sulfone groups is 1. The molecule has 2 N–H and O–H groups in total. The second-order valence-corrected chi connectivity index (χ2v) is 9.24. The van der Waals surface area contributed by atoms with Gasteiger partial charge in [-0.1, -0.05) is 38.1 Å². The van der Waals surface area contributed by atoms with Gasteiger partial charge in [-0.25, -0.2) is 13.4 Å². The lowest BCUT2D eigenvalue weighted by Gasteiger charge is -2.18. The first-order chi connectivity index (χ1) is 11.7. The molecule has 1 aromatic rings. The van der Waals surface area contributed by atoms with Crippen molar-refractivity contribution in [3.63, 3.8) is 0 Å². The zero-order chi connectivity index (χ0) is 18.9. The van der Waals surface area contributed by atoms with E-state index in [0.29, 0.717) is 18.5 Å². The second-order valence-electron chi connectivity index (χ2n) is 7.10. The Morgan fingerprint density at radius 3 is 2.15 bits per heavy atom. The van der Waals surface area contributed by atoms with E-state index in [2.05, 4.69) is 43.3 Å². The average Bonchev–Trinajstić information content (AvgIpc) is 2.51. The molecule has 1 atom stereocenters. The summed E-state index contributed by atoms with van der Waals surface area (Å²) in [6, 6.07) is 7.97. The van der Waals surface area contributed by atoms with Crippen LogP contribution in [0.3, 0.4) is 0 Å². The highest BCUT2D eigenvalue weighted by molar-refractivity contribution is 14.0. The zero-order valence-corrected chi connectivity index (χ0v) is 19.7. The van der Waals surface area contributed by atoms with Gasteiger partial charge in [-0.3, -0.25) is 0 Å². The fraction of sp³-hybridized carbons (Fsp3) is 0.632. The summed E-state index contributed by atoms with van der Waals surface area (Å²) in [7, 11) is -3.00. The van der Waals surface area contributed by atoms with E-state index < -0.39 is 9.84 Å². The normalized spacial score (nSPS) is 13.2. The Kier molecular flexibility index (Phi) is 12.1. The quantitative estimate of drug-likeness (QED) is 0.311. The summed E-state index contributed by atoms with van der Waals surface area (Å²) in [6.07, 6.45) is 3.55. The van der Waals surface area contributed by atoms with Crippen molar-refractivity contribution < 1.29 is 8.42 Å². The summed E-state index contributed by atoms with van der Waals surface area (Å²) >= 11 is 0. The molecule has 0 heterocycles. The highest BCUT2D eigenvalue weighted by atomic mass is 127. The summed E-state index contributed by atoms with van der Waals surface area (Å²) in [5.74, 6) is 1.60. The van der Waals surface area contributed by atoms with Crippen molar-refractivity contribution in [1.29, 1.82) is 0 Å². The largest absolute Gasteiger partial charge is 0.357 e. The van der Waals surface area contributed by atoms with E-state index in [9.17, 15) is 8.42 Å². The number of nitrogens with zero attached hydrogens (tertiary/aromatic N) is 1. The lowest BCUT2D eigenvalue weighted by Crippen LogP contribution is -2.42. The minimum absolute atomic E-state index is 0. The van der Waals surface area contributed by atoms with Crippen LogP contribution in [-0.2, 0) is 22.1 Å². The van der Waals surface area contributed by atoms with Gasteiger partial charge in [0.05, 0.1) is 12.3 Å². The van der Waals surface area contributed by atoms with Crippen LogP contribution in [0.1, 0.15) is 51.7 Å². The van der Waals surface area contributed by atoms with E-state index in [1.165, 1.54) is 12.7 Å². The van der Waals surface area contributed by atoms with Crippen molar-refractivity contribution in [3.05, 3.63) is 35.4 Å². The maximum Gasteiger partial charge on any atom is 0.191 e. The van der Waals surface area contributed by atoms with E-state index in [0.717, 1.165) is 30.1 Å². The molecule has 0 radical (unpaired) electrons.